The quantitative estimate of drug-likeness (QED) is 0.914. The Morgan fingerprint density at radius 1 is 1.20 bits per heavy atom. The number of rotatable bonds is 5. The molecule has 25 heavy (non-hydrogen) atoms. The van der Waals surface area contributed by atoms with Crippen LogP contribution in [-0.2, 0) is 30.5 Å². The molecule has 4 rings (SSSR count). The van der Waals surface area contributed by atoms with Gasteiger partial charge in [0.05, 0.1) is 0 Å². The molecule has 0 saturated heterocycles. The van der Waals surface area contributed by atoms with Crippen molar-refractivity contribution in [2.24, 2.45) is 0 Å². The number of fused-ring (bicyclic) bond motifs is 2. The highest BCUT2D eigenvalue weighted by Gasteiger charge is 2.24. The number of aryl methyl sites for hydroxylation is 3. The predicted octanol–water partition coefficient (Wildman–Crippen LogP) is 3.05. The molecule has 1 unspecified atom stereocenters. The molecule has 1 heterocycles. The summed E-state index contributed by atoms with van der Waals surface area (Å²) >= 11 is 0. The van der Waals surface area contributed by atoms with Gasteiger partial charge >= 0.3 is 0 Å². The molecule has 1 atom stereocenters. The summed E-state index contributed by atoms with van der Waals surface area (Å²) in [5.41, 5.74) is 6.44. The number of hydrogen-bond donors (Lipinski definition) is 1. The van der Waals surface area contributed by atoms with Gasteiger partial charge in [0.25, 0.3) is 0 Å². The SMILES string of the molecule is Cc1nc(CCNC(=O)CC2CCc3ccccc32)nc2c1CCC2. The second-order valence-electron chi connectivity index (χ2n) is 7.24. The zero-order valence-electron chi connectivity index (χ0n) is 14.8. The van der Waals surface area contributed by atoms with E-state index in [1.807, 2.05) is 0 Å². The summed E-state index contributed by atoms with van der Waals surface area (Å²) in [5.74, 6) is 1.37. The third-order valence-electron chi connectivity index (χ3n) is 5.55. The van der Waals surface area contributed by atoms with Crippen molar-refractivity contribution in [3.05, 3.63) is 58.2 Å². The fourth-order valence-corrected chi connectivity index (χ4v) is 4.26. The standard InChI is InChI=1S/C21H25N3O/c1-14-17-7-4-8-19(17)24-20(23-14)11-12-22-21(25)13-16-10-9-15-5-2-3-6-18(15)16/h2-3,5-6,16H,4,7-13H2,1H3,(H,22,25). The molecule has 0 aliphatic heterocycles. The number of carbonyl (C=O) groups excluding carboxylic acids is 1. The van der Waals surface area contributed by atoms with Gasteiger partial charge in [0.15, 0.2) is 0 Å². The molecule has 1 aromatic heterocycles. The maximum Gasteiger partial charge on any atom is 0.220 e. The number of aromatic nitrogens is 2. The molecule has 1 amide bonds. The number of hydrogen-bond acceptors (Lipinski definition) is 3. The van der Waals surface area contributed by atoms with Gasteiger partial charge in [0, 0.05) is 30.8 Å². The van der Waals surface area contributed by atoms with Crippen molar-refractivity contribution in [1.29, 1.82) is 0 Å². The molecule has 4 heteroatoms. The minimum Gasteiger partial charge on any atom is -0.356 e. The summed E-state index contributed by atoms with van der Waals surface area (Å²) in [5, 5.41) is 3.06. The van der Waals surface area contributed by atoms with Crippen LogP contribution in [-0.4, -0.2) is 22.4 Å². The van der Waals surface area contributed by atoms with Crippen molar-refractivity contribution in [3.8, 4) is 0 Å². The van der Waals surface area contributed by atoms with Crippen LogP contribution in [0.5, 0.6) is 0 Å². The third-order valence-corrected chi connectivity index (χ3v) is 5.55. The minimum absolute atomic E-state index is 0.139. The molecule has 1 N–H and O–H groups in total. The predicted molar refractivity (Wildman–Crippen MR) is 97.6 cm³/mol. The zero-order chi connectivity index (χ0) is 17.2. The first-order chi connectivity index (χ1) is 12.2. The van der Waals surface area contributed by atoms with Crippen LogP contribution in [0.1, 0.15) is 59.1 Å². The van der Waals surface area contributed by atoms with E-state index in [4.69, 9.17) is 0 Å². The molecule has 0 fully saturated rings. The Kier molecular flexibility index (Phi) is 4.51. The fourth-order valence-electron chi connectivity index (χ4n) is 4.26. The van der Waals surface area contributed by atoms with Crippen molar-refractivity contribution in [3.63, 3.8) is 0 Å². The number of amides is 1. The summed E-state index contributed by atoms with van der Waals surface area (Å²) < 4.78 is 0. The van der Waals surface area contributed by atoms with Gasteiger partial charge in [-0.1, -0.05) is 24.3 Å². The van der Waals surface area contributed by atoms with E-state index in [0.717, 1.165) is 37.2 Å². The van der Waals surface area contributed by atoms with Crippen LogP contribution in [0.25, 0.3) is 0 Å². The van der Waals surface area contributed by atoms with Gasteiger partial charge in [-0.05, 0) is 61.6 Å². The van der Waals surface area contributed by atoms with E-state index in [2.05, 4.69) is 46.5 Å². The van der Waals surface area contributed by atoms with E-state index in [9.17, 15) is 4.79 Å². The van der Waals surface area contributed by atoms with E-state index in [-0.39, 0.29) is 5.91 Å². The van der Waals surface area contributed by atoms with Gasteiger partial charge in [-0.15, -0.1) is 0 Å². The minimum atomic E-state index is 0.139. The van der Waals surface area contributed by atoms with Crippen LogP contribution in [0.15, 0.2) is 24.3 Å². The summed E-state index contributed by atoms with van der Waals surface area (Å²) in [6, 6.07) is 8.50. The molecular formula is C21H25N3O. The van der Waals surface area contributed by atoms with E-state index < -0.39 is 0 Å². The lowest BCUT2D eigenvalue weighted by molar-refractivity contribution is -0.121. The smallest absolute Gasteiger partial charge is 0.220 e. The van der Waals surface area contributed by atoms with Crippen molar-refractivity contribution in [1.82, 2.24) is 15.3 Å². The maximum absolute atomic E-state index is 12.3. The van der Waals surface area contributed by atoms with Gasteiger partial charge in [0.1, 0.15) is 5.82 Å². The summed E-state index contributed by atoms with van der Waals surface area (Å²) in [6.07, 6.45) is 6.84. The topological polar surface area (TPSA) is 54.9 Å². The van der Waals surface area contributed by atoms with E-state index >= 15 is 0 Å². The van der Waals surface area contributed by atoms with E-state index in [1.54, 1.807) is 0 Å². The molecule has 0 saturated carbocycles. The molecule has 2 aliphatic rings. The first-order valence-corrected chi connectivity index (χ1v) is 9.40. The lowest BCUT2D eigenvalue weighted by Crippen LogP contribution is -2.27. The van der Waals surface area contributed by atoms with Crippen molar-refractivity contribution in [2.75, 3.05) is 6.54 Å². The Balaban J connectivity index is 1.29. The molecule has 4 nitrogen and oxygen atoms in total. The Morgan fingerprint density at radius 3 is 3.00 bits per heavy atom. The molecule has 1 aromatic carbocycles. The maximum atomic E-state index is 12.3. The second-order valence-corrected chi connectivity index (χ2v) is 7.24. The molecule has 130 valence electrons. The Bertz CT molecular complexity index is 800. The highest BCUT2D eigenvalue weighted by atomic mass is 16.1. The average Bonchev–Trinajstić information content (AvgIpc) is 3.23. The summed E-state index contributed by atoms with van der Waals surface area (Å²) in [6.45, 7) is 2.69. The normalized spacial score (nSPS) is 18.0. The van der Waals surface area contributed by atoms with Crippen LogP contribution in [0.4, 0.5) is 0 Å². The average molecular weight is 335 g/mol. The number of nitrogens with one attached hydrogen (secondary N) is 1. The molecule has 0 bridgehead atoms. The number of nitrogens with zero attached hydrogens (tertiary/aromatic N) is 2. The monoisotopic (exact) mass is 335 g/mol. The van der Waals surface area contributed by atoms with Crippen molar-refractivity contribution < 1.29 is 4.79 Å². The molecule has 0 radical (unpaired) electrons. The molecular weight excluding hydrogens is 310 g/mol. The van der Waals surface area contributed by atoms with Gasteiger partial charge in [-0.2, -0.15) is 0 Å². The van der Waals surface area contributed by atoms with Crippen LogP contribution >= 0.6 is 0 Å². The lowest BCUT2D eigenvalue weighted by Gasteiger charge is -2.12. The van der Waals surface area contributed by atoms with Gasteiger partial charge < -0.3 is 5.32 Å². The Hall–Kier alpha value is -2.23. The lowest BCUT2D eigenvalue weighted by atomic mass is 9.97. The fraction of sp³-hybridized carbons (Fsp3) is 0.476. The van der Waals surface area contributed by atoms with Gasteiger partial charge in [-0.3, -0.25) is 4.79 Å². The second kappa shape index (κ2) is 6.95. The Labute approximate surface area is 149 Å². The Morgan fingerprint density at radius 2 is 2.08 bits per heavy atom. The molecule has 2 aromatic rings. The third kappa shape index (κ3) is 3.44. The highest BCUT2D eigenvalue weighted by Crippen LogP contribution is 2.35. The zero-order valence-corrected chi connectivity index (χ0v) is 14.8. The summed E-state index contributed by atoms with van der Waals surface area (Å²) in [4.78, 5) is 21.6. The van der Waals surface area contributed by atoms with E-state index in [1.165, 1.54) is 28.8 Å². The summed E-state index contributed by atoms with van der Waals surface area (Å²) in [7, 11) is 0. The van der Waals surface area contributed by atoms with Crippen molar-refractivity contribution in [2.45, 2.75) is 57.8 Å². The van der Waals surface area contributed by atoms with Gasteiger partial charge in [0.2, 0.25) is 5.91 Å². The van der Waals surface area contributed by atoms with Crippen LogP contribution in [0.2, 0.25) is 0 Å². The first-order valence-electron chi connectivity index (χ1n) is 9.40. The number of benzene rings is 1. The first kappa shape index (κ1) is 16.2. The van der Waals surface area contributed by atoms with Gasteiger partial charge in [-0.25, -0.2) is 9.97 Å². The number of carbonyl (C=O) groups is 1. The van der Waals surface area contributed by atoms with Crippen LogP contribution in [0.3, 0.4) is 0 Å². The van der Waals surface area contributed by atoms with E-state index in [0.29, 0.717) is 25.3 Å². The van der Waals surface area contributed by atoms with Crippen molar-refractivity contribution >= 4 is 5.91 Å². The highest BCUT2D eigenvalue weighted by molar-refractivity contribution is 5.77. The molecule has 0 spiro atoms. The van der Waals surface area contributed by atoms with Crippen LogP contribution in [0, 0.1) is 6.92 Å². The van der Waals surface area contributed by atoms with Crippen LogP contribution < -0.4 is 5.32 Å². The largest absolute Gasteiger partial charge is 0.356 e. The molecule has 2 aliphatic carbocycles.